The summed E-state index contributed by atoms with van der Waals surface area (Å²) in [5.41, 5.74) is 0. The second-order valence-corrected chi connectivity index (χ2v) is 2.35. The number of hydrogen-bond acceptors (Lipinski definition) is 2. The van der Waals surface area contributed by atoms with E-state index in [1.165, 1.54) is 0 Å². The van der Waals surface area contributed by atoms with Crippen molar-refractivity contribution in [2.24, 2.45) is 0 Å². The molecular formula is C9H6F3NO. The Hall–Kier alpha value is -1.70. The van der Waals surface area contributed by atoms with Crippen molar-refractivity contribution in [1.29, 1.82) is 0 Å². The van der Waals surface area contributed by atoms with Crippen LogP contribution < -0.4 is 4.74 Å². The first-order valence-electron chi connectivity index (χ1n) is 3.73. The Balaban J connectivity index is 2.78. The van der Waals surface area contributed by atoms with E-state index in [1.54, 1.807) is 0 Å². The molecule has 1 aromatic heterocycles. The molecule has 0 atom stereocenters. The molecule has 1 heterocycles. The third-order valence-corrected chi connectivity index (χ3v) is 1.34. The molecule has 0 fully saturated rings. The van der Waals surface area contributed by atoms with Gasteiger partial charge in [0.25, 0.3) is 11.8 Å². The quantitative estimate of drug-likeness (QED) is 0.423. The van der Waals surface area contributed by atoms with Gasteiger partial charge in [-0.3, -0.25) is 0 Å². The minimum absolute atomic E-state index is 0.00545. The standard InChI is InChI=1S/C9H6F3NO/c1-2-3-4-14-9-7(11)5-6(10)8(12)13-9/h1,5H,3-4H2. The van der Waals surface area contributed by atoms with Gasteiger partial charge in [-0.15, -0.1) is 12.3 Å². The van der Waals surface area contributed by atoms with Gasteiger partial charge < -0.3 is 4.74 Å². The van der Waals surface area contributed by atoms with Crippen molar-refractivity contribution in [3.05, 3.63) is 23.6 Å². The van der Waals surface area contributed by atoms with Gasteiger partial charge >= 0.3 is 0 Å². The average molecular weight is 201 g/mol. The van der Waals surface area contributed by atoms with Crippen LogP contribution in [-0.2, 0) is 0 Å². The van der Waals surface area contributed by atoms with E-state index in [1.807, 2.05) is 0 Å². The summed E-state index contributed by atoms with van der Waals surface area (Å²) in [6.07, 6.45) is 5.14. The molecule has 2 nitrogen and oxygen atoms in total. The minimum Gasteiger partial charge on any atom is -0.475 e. The Morgan fingerprint density at radius 3 is 2.71 bits per heavy atom. The summed E-state index contributed by atoms with van der Waals surface area (Å²) in [5, 5.41) is 0. The highest BCUT2D eigenvalue weighted by atomic mass is 19.2. The molecule has 0 radical (unpaired) electrons. The lowest BCUT2D eigenvalue weighted by molar-refractivity contribution is 0.286. The van der Waals surface area contributed by atoms with Crippen molar-refractivity contribution in [1.82, 2.24) is 4.98 Å². The van der Waals surface area contributed by atoms with Crippen LogP contribution in [0.15, 0.2) is 6.07 Å². The maximum atomic E-state index is 12.8. The van der Waals surface area contributed by atoms with Gasteiger partial charge in [-0.1, -0.05) is 0 Å². The van der Waals surface area contributed by atoms with Gasteiger partial charge in [0.15, 0.2) is 11.6 Å². The van der Waals surface area contributed by atoms with Crippen LogP contribution in [0.3, 0.4) is 0 Å². The zero-order valence-corrected chi connectivity index (χ0v) is 7.06. The smallest absolute Gasteiger partial charge is 0.253 e. The molecule has 14 heavy (non-hydrogen) atoms. The van der Waals surface area contributed by atoms with Crippen molar-refractivity contribution in [3.8, 4) is 18.2 Å². The van der Waals surface area contributed by atoms with Crippen molar-refractivity contribution >= 4 is 0 Å². The fraction of sp³-hybridized carbons (Fsp3) is 0.222. The third-order valence-electron chi connectivity index (χ3n) is 1.34. The summed E-state index contributed by atoms with van der Waals surface area (Å²) >= 11 is 0. The van der Waals surface area contributed by atoms with E-state index < -0.39 is 23.5 Å². The van der Waals surface area contributed by atoms with Gasteiger partial charge in [0.05, 0.1) is 0 Å². The van der Waals surface area contributed by atoms with Gasteiger partial charge in [-0.25, -0.2) is 8.78 Å². The van der Waals surface area contributed by atoms with E-state index in [2.05, 4.69) is 15.6 Å². The molecule has 0 bridgehead atoms. The predicted octanol–water partition coefficient (Wildman–Crippen LogP) is 1.90. The van der Waals surface area contributed by atoms with Crippen LogP contribution in [0.2, 0.25) is 0 Å². The Kier molecular flexibility index (Phi) is 3.35. The largest absolute Gasteiger partial charge is 0.475 e. The van der Waals surface area contributed by atoms with E-state index in [4.69, 9.17) is 6.42 Å². The monoisotopic (exact) mass is 201 g/mol. The maximum absolute atomic E-state index is 12.8. The Bertz CT molecular complexity index is 373. The zero-order valence-electron chi connectivity index (χ0n) is 7.06. The molecule has 0 aliphatic heterocycles. The number of terminal acetylenes is 1. The molecule has 74 valence electrons. The molecule has 5 heteroatoms. The van der Waals surface area contributed by atoms with E-state index in [-0.39, 0.29) is 13.0 Å². The summed E-state index contributed by atoms with van der Waals surface area (Å²) in [6.45, 7) is 0.00545. The predicted molar refractivity (Wildman–Crippen MR) is 43.1 cm³/mol. The maximum Gasteiger partial charge on any atom is 0.253 e. The van der Waals surface area contributed by atoms with Crippen LogP contribution in [0.25, 0.3) is 0 Å². The van der Waals surface area contributed by atoms with Crippen molar-refractivity contribution in [2.75, 3.05) is 6.61 Å². The SMILES string of the molecule is C#CCCOc1nc(F)c(F)cc1F. The molecule has 0 spiro atoms. The van der Waals surface area contributed by atoms with Gasteiger partial charge in [0, 0.05) is 12.5 Å². The van der Waals surface area contributed by atoms with Crippen LogP contribution in [0.1, 0.15) is 6.42 Å². The van der Waals surface area contributed by atoms with Crippen LogP contribution in [0.4, 0.5) is 13.2 Å². The van der Waals surface area contributed by atoms with E-state index in [0.717, 1.165) is 0 Å². The highest BCUT2D eigenvalue weighted by Crippen LogP contribution is 2.16. The highest BCUT2D eigenvalue weighted by Gasteiger charge is 2.12. The summed E-state index contributed by atoms with van der Waals surface area (Å²) in [4.78, 5) is 2.94. The van der Waals surface area contributed by atoms with Gasteiger partial charge in [0.2, 0.25) is 0 Å². The van der Waals surface area contributed by atoms with Crippen LogP contribution >= 0.6 is 0 Å². The number of ether oxygens (including phenoxy) is 1. The second-order valence-electron chi connectivity index (χ2n) is 2.35. The summed E-state index contributed by atoms with van der Waals surface area (Å²) in [6, 6.07) is 0.369. The molecule has 1 rings (SSSR count). The second kappa shape index (κ2) is 4.51. The molecule has 0 amide bonds. The first-order valence-corrected chi connectivity index (χ1v) is 3.73. The number of aromatic nitrogens is 1. The molecule has 0 aliphatic rings. The number of halogens is 3. The summed E-state index contributed by atoms with van der Waals surface area (Å²) < 4.78 is 42.4. The van der Waals surface area contributed by atoms with E-state index >= 15 is 0 Å². The first-order chi connectivity index (χ1) is 6.65. The molecule has 0 aromatic carbocycles. The number of rotatable bonds is 3. The fourth-order valence-electron chi connectivity index (χ4n) is 0.736. The van der Waals surface area contributed by atoms with Crippen molar-refractivity contribution in [3.63, 3.8) is 0 Å². The average Bonchev–Trinajstić information content (AvgIpc) is 2.14. The number of pyridine rings is 1. The Morgan fingerprint density at radius 1 is 1.36 bits per heavy atom. The molecular weight excluding hydrogens is 195 g/mol. The first kappa shape index (κ1) is 10.4. The third kappa shape index (κ3) is 2.39. The fourth-order valence-corrected chi connectivity index (χ4v) is 0.736. The number of nitrogens with zero attached hydrogens (tertiary/aromatic N) is 1. The minimum atomic E-state index is -1.40. The lowest BCUT2D eigenvalue weighted by atomic mass is 10.4. The van der Waals surface area contributed by atoms with E-state index in [0.29, 0.717) is 6.07 Å². The topological polar surface area (TPSA) is 22.1 Å². The molecule has 0 saturated heterocycles. The normalized spacial score (nSPS) is 9.57. The van der Waals surface area contributed by atoms with Crippen LogP contribution in [-0.4, -0.2) is 11.6 Å². The van der Waals surface area contributed by atoms with Gasteiger partial charge in [-0.2, -0.15) is 9.37 Å². The zero-order chi connectivity index (χ0) is 10.6. The Morgan fingerprint density at radius 2 is 2.07 bits per heavy atom. The van der Waals surface area contributed by atoms with Crippen LogP contribution in [0, 0.1) is 29.9 Å². The van der Waals surface area contributed by atoms with Crippen LogP contribution in [0.5, 0.6) is 5.88 Å². The molecule has 0 N–H and O–H groups in total. The van der Waals surface area contributed by atoms with E-state index in [9.17, 15) is 13.2 Å². The lowest BCUT2D eigenvalue weighted by Crippen LogP contribution is -2.03. The molecule has 0 unspecified atom stereocenters. The molecule has 1 aromatic rings. The van der Waals surface area contributed by atoms with Gasteiger partial charge in [-0.05, 0) is 0 Å². The van der Waals surface area contributed by atoms with Gasteiger partial charge in [0.1, 0.15) is 6.61 Å². The van der Waals surface area contributed by atoms with Crippen molar-refractivity contribution < 1.29 is 17.9 Å². The van der Waals surface area contributed by atoms with Crippen molar-refractivity contribution in [2.45, 2.75) is 6.42 Å². The molecule has 0 aliphatic carbocycles. The summed E-state index contributed by atoms with van der Waals surface area (Å²) in [7, 11) is 0. The highest BCUT2D eigenvalue weighted by molar-refractivity contribution is 5.15. The lowest BCUT2D eigenvalue weighted by Gasteiger charge is -2.03. The summed E-state index contributed by atoms with van der Waals surface area (Å²) in [5.74, 6) is -2.15. The Labute approximate surface area is 78.7 Å². The number of hydrogen-bond donors (Lipinski definition) is 0. The molecule has 0 saturated carbocycles.